The average Bonchev–Trinajstić information content (AvgIpc) is 2.66. The number of hydrogen-bond donors (Lipinski definition) is 2. The molecule has 2 aromatic rings. The number of nitrogens with zero attached hydrogens (tertiary/aromatic N) is 3. The molecule has 25 heavy (non-hydrogen) atoms. The molecule has 0 bridgehead atoms. The molecule has 6 nitrogen and oxygen atoms in total. The molecule has 0 saturated carbocycles. The lowest BCUT2D eigenvalue weighted by atomic mass is 10.1. The molecular formula is C19H26N4O2. The van der Waals surface area contributed by atoms with E-state index in [1.54, 1.807) is 6.20 Å². The smallest absolute Gasteiger partial charge is 0.151 e. The van der Waals surface area contributed by atoms with Gasteiger partial charge in [-0.1, -0.05) is 12.1 Å². The summed E-state index contributed by atoms with van der Waals surface area (Å²) in [6.45, 7) is 4.71. The van der Waals surface area contributed by atoms with E-state index in [9.17, 15) is 5.11 Å². The van der Waals surface area contributed by atoms with Crippen molar-refractivity contribution in [1.82, 2.24) is 15.5 Å². The fraction of sp³-hybridized carbons (Fsp3) is 0.474. The molecule has 3 rings (SSSR count). The zero-order valence-electron chi connectivity index (χ0n) is 14.6. The number of nitrogens with one attached hydrogen (secondary N) is 1. The van der Waals surface area contributed by atoms with Crippen molar-refractivity contribution in [3.8, 4) is 5.75 Å². The minimum absolute atomic E-state index is 0.289. The molecule has 2 heterocycles. The van der Waals surface area contributed by atoms with E-state index in [1.165, 1.54) is 0 Å². The van der Waals surface area contributed by atoms with Gasteiger partial charge in [-0.25, -0.2) is 0 Å². The maximum Gasteiger partial charge on any atom is 0.151 e. The number of piperidine rings is 1. The number of ether oxygens (including phenoxy) is 1. The second kappa shape index (κ2) is 8.78. The Bertz CT molecular complexity index is 653. The highest BCUT2D eigenvalue weighted by atomic mass is 16.5. The van der Waals surface area contributed by atoms with Crippen molar-refractivity contribution in [2.24, 2.45) is 0 Å². The molecule has 1 aromatic heterocycles. The van der Waals surface area contributed by atoms with Crippen LogP contribution < -0.4 is 15.0 Å². The topological polar surface area (TPSA) is 70.5 Å². The number of hydrogen-bond acceptors (Lipinski definition) is 6. The Labute approximate surface area is 148 Å². The molecule has 1 aliphatic heterocycles. The monoisotopic (exact) mass is 342 g/mol. The van der Waals surface area contributed by atoms with E-state index >= 15 is 0 Å². The third-order valence-electron chi connectivity index (χ3n) is 4.38. The molecule has 0 spiro atoms. The molecule has 1 aliphatic rings. The second-order valence-electron chi connectivity index (χ2n) is 6.56. The maximum atomic E-state index is 10.2. The highest BCUT2D eigenvalue weighted by Crippen LogP contribution is 2.17. The zero-order chi connectivity index (χ0) is 17.5. The summed E-state index contributed by atoms with van der Waals surface area (Å²) in [6.07, 6.45) is 3.35. The second-order valence-corrected chi connectivity index (χ2v) is 6.56. The number of anilines is 1. The lowest BCUT2D eigenvalue weighted by Gasteiger charge is -2.34. The number of aliphatic hydroxyl groups is 1. The van der Waals surface area contributed by atoms with Gasteiger partial charge in [0.15, 0.2) is 5.82 Å². The summed E-state index contributed by atoms with van der Waals surface area (Å²) in [4.78, 5) is 2.24. The lowest BCUT2D eigenvalue weighted by Crippen LogP contribution is -2.48. The zero-order valence-corrected chi connectivity index (χ0v) is 14.6. The Kier molecular flexibility index (Phi) is 6.19. The number of aryl methyl sites for hydroxylation is 1. The van der Waals surface area contributed by atoms with Crippen LogP contribution in [0.3, 0.4) is 0 Å². The summed E-state index contributed by atoms with van der Waals surface area (Å²) in [5.41, 5.74) is 1.15. The van der Waals surface area contributed by atoms with Gasteiger partial charge in [0.25, 0.3) is 0 Å². The summed E-state index contributed by atoms with van der Waals surface area (Å²) < 4.78 is 5.66. The summed E-state index contributed by atoms with van der Waals surface area (Å²) in [5, 5.41) is 21.7. The molecule has 0 amide bonds. The van der Waals surface area contributed by atoms with E-state index < -0.39 is 6.10 Å². The minimum atomic E-state index is -0.535. The first-order valence-corrected chi connectivity index (χ1v) is 8.84. The van der Waals surface area contributed by atoms with Crippen LogP contribution in [-0.2, 0) is 0 Å². The summed E-state index contributed by atoms with van der Waals surface area (Å²) in [5.74, 6) is 1.71. The third-order valence-corrected chi connectivity index (χ3v) is 4.38. The SMILES string of the molecule is Cc1cccc(OC[C@H](O)CN[C@H]2CCCN(c3cccnn3)C2)c1. The van der Waals surface area contributed by atoms with Crippen molar-refractivity contribution in [3.05, 3.63) is 48.2 Å². The maximum absolute atomic E-state index is 10.2. The summed E-state index contributed by atoms with van der Waals surface area (Å²) in [6, 6.07) is 12.1. The Morgan fingerprint density at radius 2 is 2.28 bits per heavy atom. The first kappa shape index (κ1) is 17.6. The van der Waals surface area contributed by atoms with Crippen LogP contribution in [0.2, 0.25) is 0 Å². The predicted octanol–water partition coefficient (Wildman–Crippen LogP) is 1.78. The minimum Gasteiger partial charge on any atom is -0.491 e. The molecule has 1 fully saturated rings. The van der Waals surface area contributed by atoms with Crippen molar-refractivity contribution in [2.75, 3.05) is 31.1 Å². The van der Waals surface area contributed by atoms with Gasteiger partial charge in [-0.2, -0.15) is 5.10 Å². The fourth-order valence-corrected chi connectivity index (χ4v) is 3.07. The van der Waals surface area contributed by atoms with Crippen LogP contribution in [0.1, 0.15) is 18.4 Å². The van der Waals surface area contributed by atoms with Crippen molar-refractivity contribution in [1.29, 1.82) is 0 Å². The van der Waals surface area contributed by atoms with Gasteiger partial charge in [-0.15, -0.1) is 5.10 Å². The molecule has 1 saturated heterocycles. The Hall–Kier alpha value is -2.18. The van der Waals surface area contributed by atoms with Gasteiger partial charge < -0.3 is 20.1 Å². The van der Waals surface area contributed by atoms with Crippen molar-refractivity contribution < 1.29 is 9.84 Å². The van der Waals surface area contributed by atoms with Crippen LogP contribution >= 0.6 is 0 Å². The lowest BCUT2D eigenvalue weighted by molar-refractivity contribution is 0.103. The van der Waals surface area contributed by atoms with Gasteiger partial charge in [0.2, 0.25) is 0 Å². The Morgan fingerprint density at radius 1 is 1.36 bits per heavy atom. The van der Waals surface area contributed by atoms with E-state index in [2.05, 4.69) is 20.4 Å². The molecule has 0 radical (unpaired) electrons. The number of benzene rings is 1. The van der Waals surface area contributed by atoms with E-state index in [-0.39, 0.29) is 6.61 Å². The molecule has 0 unspecified atom stereocenters. The van der Waals surface area contributed by atoms with Gasteiger partial charge >= 0.3 is 0 Å². The number of rotatable bonds is 7. The third kappa shape index (κ3) is 5.41. The molecule has 0 aliphatic carbocycles. The van der Waals surface area contributed by atoms with Crippen molar-refractivity contribution >= 4 is 5.82 Å². The van der Waals surface area contributed by atoms with Gasteiger partial charge in [-0.05, 0) is 49.6 Å². The first-order valence-electron chi connectivity index (χ1n) is 8.84. The fourth-order valence-electron chi connectivity index (χ4n) is 3.07. The number of aliphatic hydroxyl groups excluding tert-OH is 1. The predicted molar refractivity (Wildman–Crippen MR) is 98.0 cm³/mol. The van der Waals surface area contributed by atoms with Crippen LogP contribution in [0, 0.1) is 6.92 Å². The van der Waals surface area contributed by atoms with Gasteiger partial charge in [0.1, 0.15) is 18.5 Å². The van der Waals surface area contributed by atoms with Crippen LogP contribution in [0.4, 0.5) is 5.82 Å². The highest BCUT2D eigenvalue weighted by molar-refractivity contribution is 5.37. The van der Waals surface area contributed by atoms with E-state index in [4.69, 9.17) is 4.74 Å². The standard InChI is InChI=1S/C19H26N4O2/c1-15-5-2-7-18(11-15)25-14-17(24)12-20-16-6-4-10-23(13-16)19-8-3-9-21-22-19/h2-3,5,7-9,11,16-17,20,24H,4,6,10,12-14H2,1H3/t16-,17+/m0/s1. The summed E-state index contributed by atoms with van der Waals surface area (Å²) >= 11 is 0. The Balaban J connectivity index is 1.41. The van der Waals surface area contributed by atoms with Gasteiger partial charge in [0.05, 0.1) is 0 Å². The van der Waals surface area contributed by atoms with Gasteiger partial charge in [-0.3, -0.25) is 0 Å². The molecule has 6 heteroatoms. The molecule has 2 N–H and O–H groups in total. The normalized spacial score (nSPS) is 18.8. The summed E-state index contributed by atoms with van der Waals surface area (Å²) in [7, 11) is 0. The highest BCUT2D eigenvalue weighted by Gasteiger charge is 2.21. The van der Waals surface area contributed by atoms with E-state index in [0.717, 1.165) is 43.1 Å². The Morgan fingerprint density at radius 3 is 3.08 bits per heavy atom. The molecule has 2 atom stereocenters. The van der Waals surface area contributed by atoms with Gasteiger partial charge in [0, 0.05) is 31.9 Å². The van der Waals surface area contributed by atoms with Crippen molar-refractivity contribution in [3.63, 3.8) is 0 Å². The van der Waals surface area contributed by atoms with E-state index in [0.29, 0.717) is 12.6 Å². The number of aromatic nitrogens is 2. The van der Waals surface area contributed by atoms with Crippen molar-refractivity contribution in [2.45, 2.75) is 31.9 Å². The van der Waals surface area contributed by atoms with Crippen LogP contribution in [0.25, 0.3) is 0 Å². The average molecular weight is 342 g/mol. The largest absolute Gasteiger partial charge is 0.491 e. The van der Waals surface area contributed by atoms with Crippen LogP contribution in [0.5, 0.6) is 5.75 Å². The molecule has 134 valence electrons. The van der Waals surface area contributed by atoms with E-state index in [1.807, 2.05) is 43.3 Å². The first-order chi connectivity index (χ1) is 12.2. The van der Waals surface area contributed by atoms with Crippen LogP contribution in [-0.4, -0.2) is 53.7 Å². The quantitative estimate of drug-likeness (QED) is 0.799. The molecular weight excluding hydrogens is 316 g/mol. The molecule has 1 aromatic carbocycles. The van der Waals surface area contributed by atoms with Crippen LogP contribution in [0.15, 0.2) is 42.6 Å².